The number of rotatable bonds is 12. The average Bonchev–Trinajstić information content (AvgIpc) is 4.26. The van der Waals surface area contributed by atoms with Crippen molar-refractivity contribution in [1.29, 1.82) is 0 Å². The van der Waals surface area contributed by atoms with Gasteiger partial charge in [-0.25, -0.2) is 20.0 Å². The fourth-order valence-electron chi connectivity index (χ4n) is 10.2. The molecule has 6 nitrogen and oxygen atoms in total. The molecule has 80 heavy (non-hydrogen) atoms. The van der Waals surface area contributed by atoms with Crippen LogP contribution in [0.5, 0.6) is 0 Å². The number of aliphatic imine (C=N–C) groups is 2. The monoisotopic (exact) mass is 1160 g/mol. The number of hydrogen-bond acceptors (Lipinski definition) is 10. The summed E-state index contributed by atoms with van der Waals surface area (Å²) < 4.78 is 4.28. The molecule has 11 aromatic rings. The third-order valence-electron chi connectivity index (χ3n) is 14.4. The van der Waals surface area contributed by atoms with Gasteiger partial charge in [0.05, 0.1) is 0 Å². The van der Waals surface area contributed by atoms with E-state index in [2.05, 4.69) is 232 Å². The van der Waals surface area contributed by atoms with Crippen LogP contribution < -0.4 is 11.0 Å². The van der Waals surface area contributed by atoms with Crippen molar-refractivity contribution in [1.82, 2.24) is 8.96 Å². The van der Waals surface area contributed by atoms with Gasteiger partial charge in [-0.3, -0.25) is 0 Å². The molecule has 0 unspecified atom stereocenters. The molecule has 4 bridgehead atoms. The molecule has 14 heteroatoms. The van der Waals surface area contributed by atoms with Crippen molar-refractivity contribution in [2.45, 2.75) is 100 Å². The number of aromatic nitrogens is 2. The van der Waals surface area contributed by atoms with Crippen molar-refractivity contribution >= 4 is 133 Å². The fourth-order valence-corrected chi connectivity index (χ4v) is 16.4. The second-order valence-corrected chi connectivity index (χ2v) is 27.5. The van der Waals surface area contributed by atoms with Gasteiger partial charge in [-0.1, -0.05) is 177 Å². The second-order valence-electron chi connectivity index (χ2n) is 20.4. The van der Waals surface area contributed by atoms with Gasteiger partial charge in [0.2, 0.25) is 0 Å². The molecule has 3 aliphatic rings. The predicted molar refractivity (Wildman–Crippen MR) is 339 cm³/mol. The van der Waals surface area contributed by atoms with Crippen LogP contribution >= 0.6 is 82.0 Å². The van der Waals surface area contributed by atoms with Gasteiger partial charge in [0.15, 0.2) is 11.7 Å². The van der Waals surface area contributed by atoms with E-state index in [0.29, 0.717) is 23.0 Å². The van der Waals surface area contributed by atoms with E-state index in [0.717, 1.165) is 103 Å². The molecule has 0 radical (unpaired) electrons. The molecule has 0 fully saturated rings. The van der Waals surface area contributed by atoms with Crippen LogP contribution in [0.25, 0.3) is 21.5 Å². The topological polar surface area (TPSA) is 59.3 Å². The summed E-state index contributed by atoms with van der Waals surface area (Å²) in [7, 11) is 0. The van der Waals surface area contributed by atoms with Crippen molar-refractivity contribution in [3.8, 4) is 0 Å². The molecule has 9 aromatic carbocycles. The van der Waals surface area contributed by atoms with Gasteiger partial charge in [-0.15, -0.1) is 11.5 Å². The maximum atomic E-state index is 8.34. The van der Waals surface area contributed by atoms with Gasteiger partial charge in [0.25, 0.3) is 0 Å². The molecule has 3 aliphatic heterocycles. The molecule has 2 aromatic heterocycles. The van der Waals surface area contributed by atoms with Crippen LogP contribution in [-0.4, -0.2) is 27.0 Å². The highest BCUT2D eigenvalue weighted by Crippen LogP contribution is 2.51. The highest BCUT2D eigenvalue weighted by atomic mass is 35.5. The minimum atomic E-state index is -0.834. The number of amidine groups is 2. The Morgan fingerprint density at radius 2 is 0.662 bits per heavy atom. The summed E-state index contributed by atoms with van der Waals surface area (Å²) in [6, 6.07) is 66.1. The van der Waals surface area contributed by atoms with Gasteiger partial charge in [-0.05, 0) is 151 Å². The Hall–Kier alpha value is -6.55. The van der Waals surface area contributed by atoms with E-state index >= 15 is 0 Å². The zero-order valence-corrected chi connectivity index (χ0v) is 50.1. The first-order chi connectivity index (χ1) is 38.9. The molecule has 0 spiro atoms. The normalized spacial score (nSPS) is 13.1. The van der Waals surface area contributed by atoms with E-state index < -0.39 is 6.40 Å². The second kappa shape index (κ2) is 21.1. The molecule has 388 valence electrons. The lowest BCUT2D eigenvalue weighted by Crippen LogP contribution is -2.45. The summed E-state index contributed by atoms with van der Waals surface area (Å²) in [6.07, 6.45) is -0.834. The number of benzene rings is 9. The van der Waals surface area contributed by atoms with Gasteiger partial charge in [0, 0.05) is 91.4 Å². The molecule has 0 amide bonds. The largest absolute Gasteiger partial charge is 0.499 e. The van der Waals surface area contributed by atoms with Crippen LogP contribution in [0.4, 0.5) is 11.6 Å². The van der Waals surface area contributed by atoms with Crippen LogP contribution in [0, 0.1) is 41.5 Å². The number of nitrogens with zero attached hydrogens (tertiary/aromatic N) is 6. The third kappa shape index (κ3) is 9.68. The Morgan fingerprint density at radius 3 is 1.09 bits per heavy atom. The summed E-state index contributed by atoms with van der Waals surface area (Å²) >= 11 is 18.7. The lowest BCUT2D eigenvalue weighted by atomic mass is 10.1. The highest BCUT2D eigenvalue weighted by Gasteiger charge is 2.39. The zero-order chi connectivity index (χ0) is 54.3. The Morgan fingerprint density at radius 1 is 0.312 bits per heavy atom. The molecule has 0 N–H and O–H groups in total. The van der Waals surface area contributed by atoms with Crippen molar-refractivity contribution in [3.63, 3.8) is 0 Å². The average molecular weight is 1160 g/mol. The van der Waals surface area contributed by atoms with E-state index in [1.54, 1.807) is 70.6 Å². The molecule has 0 aliphatic carbocycles. The number of halogens is 1. The molecule has 5 heterocycles. The summed E-state index contributed by atoms with van der Waals surface area (Å²) in [5.74, 6) is 2.58. The van der Waals surface area contributed by atoms with Gasteiger partial charge in [0.1, 0.15) is 22.6 Å². The highest BCUT2D eigenvalue weighted by molar-refractivity contribution is 8.01. The predicted octanol–water partition coefficient (Wildman–Crippen LogP) is 18.7. The lowest BCUT2D eigenvalue weighted by Gasteiger charge is -2.18. The van der Waals surface area contributed by atoms with Crippen molar-refractivity contribution < 1.29 is 0 Å². The maximum Gasteiger partial charge on any atom is 0.499 e. The molecular weight excluding hydrogens is 1120 g/mol. The number of hydrogen-bond donors (Lipinski definition) is 0. The molecule has 0 saturated carbocycles. The fraction of sp³-hybridized carbons (Fsp3) is 0.0909. The molecule has 14 rings (SSSR count). The van der Waals surface area contributed by atoms with Crippen molar-refractivity contribution in [2.24, 2.45) is 20.0 Å². The minimum absolute atomic E-state index is 0.579. The van der Waals surface area contributed by atoms with Gasteiger partial charge >= 0.3 is 6.40 Å². The lowest BCUT2D eigenvalue weighted by molar-refractivity contribution is 0.936. The van der Waals surface area contributed by atoms with Gasteiger partial charge in [-0.2, -0.15) is 0 Å². The van der Waals surface area contributed by atoms with Crippen LogP contribution in [0.3, 0.4) is 0 Å². The Kier molecular flexibility index (Phi) is 13.6. The van der Waals surface area contributed by atoms with Crippen molar-refractivity contribution in [3.05, 3.63) is 237 Å². The zero-order valence-electron chi connectivity index (χ0n) is 44.4. The SMILES string of the molecule is Cc1ccc(Sc2cc(Sc3ccc(C)cc3)c3c4n5c(c3c2)N=c2c3c(Sc6ccc(C)cc6)ccc(Sc6ccc(C)cc6)c3c(n2B5Cl)=NC2=NC(=N4)c3c(Sc4ccc(C)cc4)ccc(Sc4ccc(C)cc4)c32)cc1. The first kappa shape index (κ1) is 51.6. The first-order valence-corrected chi connectivity index (χ1v) is 31.6. The third-order valence-corrected chi connectivity index (χ3v) is 21.1. The van der Waals surface area contributed by atoms with Crippen molar-refractivity contribution in [2.75, 3.05) is 0 Å². The Balaban J connectivity index is 1.12. The van der Waals surface area contributed by atoms with E-state index in [4.69, 9.17) is 31.4 Å². The Bertz CT molecular complexity index is 4520. The molecule has 0 saturated heterocycles. The van der Waals surface area contributed by atoms with Crippen LogP contribution in [0.2, 0.25) is 0 Å². The number of fused-ring (bicyclic) bond motifs is 10. The van der Waals surface area contributed by atoms with E-state index in [1.165, 1.54) is 33.4 Å². The van der Waals surface area contributed by atoms with Gasteiger partial charge < -0.3 is 8.96 Å². The van der Waals surface area contributed by atoms with Crippen LogP contribution in [-0.2, 0) is 0 Å². The summed E-state index contributed by atoms with van der Waals surface area (Å²) in [6.45, 7) is 12.8. The quantitative estimate of drug-likeness (QED) is 0.114. The summed E-state index contributed by atoms with van der Waals surface area (Å²) in [5, 5.41) is 3.87. The summed E-state index contributed by atoms with van der Waals surface area (Å²) in [5.41, 5.74) is 10.6. The Labute approximate surface area is 495 Å². The summed E-state index contributed by atoms with van der Waals surface area (Å²) in [4.78, 5) is 36.4. The van der Waals surface area contributed by atoms with Crippen LogP contribution in [0.1, 0.15) is 44.5 Å². The minimum Gasteiger partial charge on any atom is -0.319 e. The smallest absolute Gasteiger partial charge is 0.319 e. The van der Waals surface area contributed by atoms with E-state index in [9.17, 15) is 0 Å². The molecular formula is C66H48BClN6S6. The standard InChI is InChI=1S/C66H48BClN6S6/c1-37-7-19-43(20-8-37)75-49-35-50-56(55(36-49)80-48-29-17-42(6)18-30-48)64-70-61-57-51(76-44-21-9-38(2)10-22-44)31-32-52(77-45-23-11-39(3)12-24-45)58(57)62(69-61)71-65-59-53(78-46-25-13-40(4)14-26-46)33-34-54(79-47-27-15-41(5)16-28-47)60(59)66-72-63(50)73(64)67(68)74(65)66/h7-36H,1-6H3. The van der Waals surface area contributed by atoms with E-state index in [1.807, 2.05) is 0 Å². The maximum absolute atomic E-state index is 8.34. The number of aryl methyl sites for hydroxylation is 6. The van der Waals surface area contributed by atoms with E-state index in [-0.39, 0.29) is 0 Å². The van der Waals surface area contributed by atoms with Crippen LogP contribution in [0.15, 0.2) is 261 Å². The molecule has 0 atom stereocenters. The first-order valence-electron chi connectivity index (χ1n) is 26.3.